The topological polar surface area (TPSA) is 46.3 Å². The molecule has 1 aromatic carbocycles. The summed E-state index contributed by atoms with van der Waals surface area (Å²) < 4.78 is 0.938. The van der Waals surface area contributed by atoms with Gasteiger partial charge in [0.05, 0.1) is 5.54 Å². The molecule has 3 nitrogen and oxygen atoms in total. The second kappa shape index (κ2) is 5.63. The molecular weight excluding hydrogens is 304 g/mol. The highest BCUT2D eigenvalue weighted by Gasteiger charge is 2.36. The van der Waals surface area contributed by atoms with Crippen molar-refractivity contribution in [2.75, 3.05) is 13.1 Å². The normalized spacial score (nSPS) is 23.5. The van der Waals surface area contributed by atoms with Crippen molar-refractivity contribution in [1.29, 1.82) is 0 Å². The smallest absolute Gasteiger partial charge is 0.254 e. The van der Waals surface area contributed by atoms with E-state index >= 15 is 0 Å². The van der Waals surface area contributed by atoms with Gasteiger partial charge in [0.1, 0.15) is 0 Å². The average Bonchev–Trinajstić information content (AvgIpc) is 2.41. The number of carbonyl (C=O) groups is 1. The number of hydrogen-bond acceptors (Lipinski definition) is 2. The van der Waals surface area contributed by atoms with Crippen molar-refractivity contribution in [2.45, 2.75) is 38.6 Å². The highest BCUT2D eigenvalue weighted by Crippen LogP contribution is 2.29. The van der Waals surface area contributed by atoms with Crippen molar-refractivity contribution >= 4 is 21.8 Å². The van der Waals surface area contributed by atoms with Gasteiger partial charge in [0.25, 0.3) is 5.91 Å². The van der Waals surface area contributed by atoms with Crippen LogP contribution < -0.4 is 5.73 Å². The zero-order chi connectivity index (χ0) is 14.0. The molecule has 1 fully saturated rings. The van der Waals surface area contributed by atoms with Crippen LogP contribution in [0.2, 0.25) is 0 Å². The van der Waals surface area contributed by atoms with Crippen LogP contribution in [0.1, 0.15) is 42.1 Å². The predicted molar refractivity (Wildman–Crippen MR) is 81.2 cm³/mol. The van der Waals surface area contributed by atoms with Gasteiger partial charge in [0.15, 0.2) is 0 Å². The lowest BCUT2D eigenvalue weighted by Crippen LogP contribution is -2.56. The van der Waals surface area contributed by atoms with E-state index in [4.69, 9.17) is 5.73 Å². The van der Waals surface area contributed by atoms with E-state index in [1.807, 2.05) is 30.0 Å². The monoisotopic (exact) mass is 324 g/mol. The number of hydrogen-bond donors (Lipinski definition) is 1. The molecule has 104 valence electrons. The van der Waals surface area contributed by atoms with Gasteiger partial charge in [-0.2, -0.15) is 0 Å². The van der Waals surface area contributed by atoms with Crippen LogP contribution in [-0.4, -0.2) is 29.4 Å². The summed E-state index contributed by atoms with van der Waals surface area (Å²) in [6, 6.07) is 5.84. The van der Waals surface area contributed by atoms with Gasteiger partial charge in [-0.1, -0.05) is 22.0 Å². The zero-order valence-electron chi connectivity index (χ0n) is 11.6. The first-order valence-corrected chi connectivity index (χ1v) is 7.55. The maximum absolute atomic E-state index is 12.8. The number of amides is 1. The summed E-state index contributed by atoms with van der Waals surface area (Å²) in [6.07, 6.45) is 3.20. The standard InChI is InChI=1S/C15H21BrN2O/c1-11-5-6-12(16)9-13(11)14(19)18-8-4-3-7-15(18,2)10-17/h5-6,9H,3-4,7-8,10,17H2,1-2H3. The molecule has 1 atom stereocenters. The summed E-state index contributed by atoms with van der Waals surface area (Å²) in [5, 5.41) is 0. The second-order valence-corrected chi connectivity index (χ2v) is 6.49. The minimum Gasteiger partial charge on any atom is -0.332 e. The van der Waals surface area contributed by atoms with Crippen LogP contribution in [0.15, 0.2) is 22.7 Å². The summed E-state index contributed by atoms with van der Waals surface area (Å²) in [5.41, 5.74) is 7.49. The molecule has 0 bridgehead atoms. The molecule has 2 rings (SSSR count). The largest absolute Gasteiger partial charge is 0.332 e. The molecule has 1 unspecified atom stereocenters. The molecule has 0 spiro atoms. The minimum atomic E-state index is -0.204. The van der Waals surface area contributed by atoms with E-state index in [1.165, 1.54) is 0 Å². The summed E-state index contributed by atoms with van der Waals surface area (Å²) in [6.45, 7) is 5.39. The molecule has 0 aliphatic carbocycles. The van der Waals surface area contributed by atoms with E-state index in [0.717, 1.165) is 41.4 Å². The summed E-state index contributed by atoms with van der Waals surface area (Å²) in [5.74, 6) is 0.103. The number of rotatable bonds is 2. The molecule has 1 aliphatic heterocycles. The van der Waals surface area contributed by atoms with Crippen molar-refractivity contribution in [3.05, 3.63) is 33.8 Å². The molecule has 1 saturated heterocycles. The van der Waals surface area contributed by atoms with Crippen molar-refractivity contribution in [3.8, 4) is 0 Å². The maximum Gasteiger partial charge on any atom is 0.254 e. The van der Waals surface area contributed by atoms with Crippen molar-refractivity contribution in [2.24, 2.45) is 5.73 Å². The molecular formula is C15H21BrN2O. The van der Waals surface area contributed by atoms with Crippen molar-refractivity contribution < 1.29 is 4.79 Å². The lowest BCUT2D eigenvalue weighted by atomic mass is 9.87. The number of likely N-dealkylation sites (tertiary alicyclic amines) is 1. The van der Waals surface area contributed by atoms with E-state index in [-0.39, 0.29) is 11.4 Å². The molecule has 2 N–H and O–H groups in total. The van der Waals surface area contributed by atoms with Crippen LogP contribution in [0.3, 0.4) is 0 Å². The number of nitrogens with two attached hydrogens (primary N) is 1. The predicted octanol–water partition coefficient (Wildman–Crippen LogP) is 3.10. The molecule has 1 amide bonds. The SMILES string of the molecule is Cc1ccc(Br)cc1C(=O)N1CCCCC1(C)CN. The molecule has 19 heavy (non-hydrogen) atoms. The number of benzene rings is 1. The van der Waals surface area contributed by atoms with Gasteiger partial charge in [0, 0.05) is 23.1 Å². The maximum atomic E-state index is 12.8. The molecule has 1 aromatic rings. The zero-order valence-corrected chi connectivity index (χ0v) is 13.2. The Morgan fingerprint density at radius 1 is 1.47 bits per heavy atom. The van der Waals surface area contributed by atoms with Crippen LogP contribution in [0.5, 0.6) is 0 Å². The van der Waals surface area contributed by atoms with Crippen molar-refractivity contribution in [3.63, 3.8) is 0 Å². The lowest BCUT2D eigenvalue weighted by Gasteiger charge is -2.44. The highest BCUT2D eigenvalue weighted by molar-refractivity contribution is 9.10. The first-order chi connectivity index (χ1) is 8.98. The molecule has 1 heterocycles. The average molecular weight is 325 g/mol. The van der Waals surface area contributed by atoms with Gasteiger partial charge in [0.2, 0.25) is 0 Å². The Morgan fingerprint density at radius 3 is 2.89 bits per heavy atom. The van der Waals surface area contributed by atoms with Gasteiger partial charge in [-0.15, -0.1) is 0 Å². The Morgan fingerprint density at radius 2 is 2.21 bits per heavy atom. The number of nitrogens with zero attached hydrogens (tertiary/aromatic N) is 1. The van der Waals surface area contributed by atoms with Crippen LogP contribution in [0.4, 0.5) is 0 Å². The number of piperidine rings is 1. The Kier molecular flexibility index (Phi) is 4.31. The minimum absolute atomic E-state index is 0.103. The fraction of sp³-hybridized carbons (Fsp3) is 0.533. The number of aryl methyl sites for hydroxylation is 1. The van der Waals surface area contributed by atoms with E-state index < -0.39 is 0 Å². The third-order valence-corrected chi connectivity index (χ3v) is 4.61. The van der Waals surface area contributed by atoms with E-state index in [2.05, 4.69) is 22.9 Å². The van der Waals surface area contributed by atoms with E-state index in [9.17, 15) is 4.79 Å². The van der Waals surface area contributed by atoms with Gasteiger partial charge in [-0.05, 0) is 50.8 Å². The van der Waals surface area contributed by atoms with Gasteiger partial charge < -0.3 is 10.6 Å². The quantitative estimate of drug-likeness (QED) is 0.908. The number of carbonyl (C=O) groups excluding carboxylic acids is 1. The fourth-order valence-corrected chi connectivity index (χ4v) is 3.07. The molecule has 0 radical (unpaired) electrons. The molecule has 1 aliphatic rings. The highest BCUT2D eigenvalue weighted by atomic mass is 79.9. The Labute approximate surface area is 123 Å². The van der Waals surface area contributed by atoms with Crippen molar-refractivity contribution in [1.82, 2.24) is 4.90 Å². The first kappa shape index (κ1) is 14.5. The Balaban J connectivity index is 2.34. The van der Waals surface area contributed by atoms with E-state index in [1.54, 1.807) is 0 Å². The lowest BCUT2D eigenvalue weighted by molar-refractivity contribution is 0.0402. The fourth-order valence-electron chi connectivity index (χ4n) is 2.71. The van der Waals surface area contributed by atoms with Gasteiger partial charge >= 0.3 is 0 Å². The Bertz CT molecular complexity index is 489. The van der Waals surface area contributed by atoms with Crippen LogP contribution in [0.25, 0.3) is 0 Å². The van der Waals surface area contributed by atoms with Crippen LogP contribution >= 0.6 is 15.9 Å². The molecule has 4 heteroatoms. The summed E-state index contributed by atoms with van der Waals surface area (Å²) in [7, 11) is 0. The number of halogens is 1. The summed E-state index contributed by atoms with van der Waals surface area (Å²) >= 11 is 3.44. The third kappa shape index (κ3) is 2.84. The van der Waals surface area contributed by atoms with Crippen LogP contribution in [-0.2, 0) is 0 Å². The van der Waals surface area contributed by atoms with Gasteiger partial charge in [-0.25, -0.2) is 0 Å². The molecule has 0 aromatic heterocycles. The second-order valence-electron chi connectivity index (χ2n) is 5.57. The van der Waals surface area contributed by atoms with Gasteiger partial charge in [-0.3, -0.25) is 4.79 Å². The van der Waals surface area contributed by atoms with Crippen LogP contribution in [0, 0.1) is 6.92 Å². The van der Waals surface area contributed by atoms with E-state index in [0.29, 0.717) is 6.54 Å². The third-order valence-electron chi connectivity index (χ3n) is 4.11. The first-order valence-electron chi connectivity index (χ1n) is 6.76. The molecule has 0 saturated carbocycles. The summed E-state index contributed by atoms with van der Waals surface area (Å²) in [4.78, 5) is 14.8. The Hall–Kier alpha value is -0.870.